The molecule has 0 heterocycles. The maximum atomic E-state index is 11.8. The van der Waals surface area contributed by atoms with E-state index in [9.17, 15) is 13.2 Å². The van der Waals surface area contributed by atoms with Gasteiger partial charge in [-0.05, 0) is 30.7 Å². The highest BCUT2D eigenvalue weighted by atomic mass is 32.2. The van der Waals surface area contributed by atoms with Crippen molar-refractivity contribution >= 4 is 15.9 Å². The normalized spacial score (nSPS) is 23.4. The molecule has 92 valence electrons. The second-order valence-electron chi connectivity index (χ2n) is 4.02. The Kier molecular flexibility index (Phi) is 2.90. The molecular formula is C10H13N3O3S. The summed E-state index contributed by atoms with van der Waals surface area (Å²) in [5, 5.41) is 0. The van der Waals surface area contributed by atoms with Crippen molar-refractivity contribution in [2.45, 2.75) is 23.4 Å². The average Bonchev–Trinajstić information content (AvgIpc) is 2.93. The zero-order valence-electron chi connectivity index (χ0n) is 8.96. The van der Waals surface area contributed by atoms with Crippen LogP contribution in [-0.4, -0.2) is 26.4 Å². The van der Waals surface area contributed by atoms with Gasteiger partial charge in [0.15, 0.2) is 0 Å². The fourth-order valence-electron chi connectivity index (χ4n) is 1.42. The van der Waals surface area contributed by atoms with Crippen LogP contribution in [0.3, 0.4) is 0 Å². The van der Waals surface area contributed by atoms with Crippen molar-refractivity contribution in [2.24, 2.45) is 11.5 Å². The predicted molar refractivity (Wildman–Crippen MR) is 61.7 cm³/mol. The van der Waals surface area contributed by atoms with Gasteiger partial charge in [0.25, 0.3) is 0 Å². The monoisotopic (exact) mass is 255 g/mol. The van der Waals surface area contributed by atoms with Crippen molar-refractivity contribution in [1.82, 2.24) is 4.72 Å². The number of carbonyl (C=O) groups excluding carboxylic acids is 1. The summed E-state index contributed by atoms with van der Waals surface area (Å²) in [6, 6.07) is 5.16. The minimum absolute atomic E-state index is 0.0987. The number of sulfonamides is 1. The Labute approximate surface area is 99.0 Å². The Hall–Kier alpha value is -1.44. The van der Waals surface area contributed by atoms with Crippen LogP contribution in [-0.2, 0) is 10.0 Å². The zero-order chi connectivity index (χ0) is 12.6. The number of carbonyl (C=O) groups is 1. The van der Waals surface area contributed by atoms with E-state index < -0.39 is 15.9 Å². The standard InChI is InChI=1S/C10H13N3O3S/c11-8-5-9(8)13-17(15,16)7-3-1-6(2-4-7)10(12)14/h1-4,8-9,13H,5,11H2,(H2,12,14). The van der Waals surface area contributed by atoms with E-state index >= 15 is 0 Å². The molecule has 17 heavy (non-hydrogen) atoms. The maximum Gasteiger partial charge on any atom is 0.248 e. The quantitative estimate of drug-likeness (QED) is 0.650. The summed E-state index contributed by atoms with van der Waals surface area (Å²) < 4.78 is 26.1. The Bertz CT molecular complexity index is 538. The van der Waals surface area contributed by atoms with Gasteiger partial charge in [0, 0.05) is 17.6 Å². The molecule has 0 saturated heterocycles. The molecule has 2 atom stereocenters. The third-order valence-corrected chi connectivity index (χ3v) is 4.10. The first kappa shape index (κ1) is 12.0. The minimum atomic E-state index is -3.55. The molecule has 1 fully saturated rings. The van der Waals surface area contributed by atoms with Crippen LogP contribution >= 0.6 is 0 Å². The van der Waals surface area contributed by atoms with Gasteiger partial charge in [-0.15, -0.1) is 0 Å². The van der Waals surface area contributed by atoms with E-state index in [1.165, 1.54) is 24.3 Å². The maximum absolute atomic E-state index is 11.8. The van der Waals surface area contributed by atoms with Gasteiger partial charge in [0.1, 0.15) is 0 Å². The highest BCUT2D eigenvalue weighted by molar-refractivity contribution is 7.89. The van der Waals surface area contributed by atoms with Crippen LogP contribution in [0.15, 0.2) is 29.2 Å². The number of nitrogens with one attached hydrogen (secondary N) is 1. The third-order valence-electron chi connectivity index (χ3n) is 2.60. The SMILES string of the molecule is NC(=O)c1ccc(S(=O)(=O)NC2CC2N)cc1. The molecule has 1 aliphatic carbocycles. The molecule has 0 aromatic heterocycles. The zero-order valence-corrected chi connectivity index (χ0v) is 9.78. The largest absolute Gasteiger partial charge is 0.366 e. The van der Waals surface area contributed by atoms with E-state index in [1.807, 2.05) is 0 Å². The van der Waals surface area contributed by atoms with E-state index in [2.05, 4.69) is 4.72 Å². The first-order valence-corrected chi connectivity index (χ1v) is 6.56. The van der Waals surface area contributed by atoms with E-state index in [1.54, 1.807) is 0 Å². The highest BCUT2D eigenvalue weighted by Crippen LogP contribution is 2.21. The van der Waals surface area contributed by atoms with Crippen LogP contribution in [0.25, 0.3) is 0 Å². The van der Waals surface area contributed by atoms with Gasteiger partial charge < -0.3 is 11.5 Å². The van der Waals surface area contributed by atoms with Crippen LogP contribution in [0.1, 0.15) is 16.8 Å². The molecule has 1 saturated carbocycles. The fourth-order valence-corrected chi connectivity index (χ4v) is 2.72. The Morgan fingerprint density at radius 3 is 2.24 bits per heavy atom. The summed E-state index contributed by atoms with van der Waals surface area (Å²) in [5.74, 6) is -0.592. The van der Waals surface area contributed by atoms with Gasteiger partial charge in [0.2, 0.25) is 15.9 Å². The van der Waals surface area contributed by atoms with Crippen molar-refractivity contribution in [2.75, 3.05) is 0 Å². The molecule has 1 aromatic rings. The Morgan fingerprint density at radius 1 is 1.29 bits per heavy atom. The van der Waals surface area contributed by atoms with Gasteiger partial charge in [-0.2, -0.15) is 0 Å². The van der Waals surface area contributed by atoms with Gasteiger partial charge in [-0.3, -0.25) is 4.79 Å². The molecule has 2 unspecified atom stereocenters. The summed E-state index contributed by atoms with van der Waals surface area (Å²) in [6.07, 6.45) is 0.651. The third kappa shape index (κ3) is 2.63. The molecule has 1 aliphatic rings. The van der Waals surface area contributed by atoms with Crippen LogP contribution in [0, 0.1) is 0 Å². The number of hydrogen-bond acceptors (Lipinski definition) is 4. The Morgan fingerprint density at radius 2 is 1.82 bits per heavy atom. The summed E-state index contributed by atoms with van der Waals surface area (Å²) in [6.45, 7) is 0. The van der Waals surface area contributed by atoms with E-state index in [4.69, 9.17) is 11.5 Å². The van der Waals surface area contributed by atoms with Gasteiger partial charge in [-0.1, -0.05) is 0 Å². The molecule has 5 N–H and O–H groups in total. The van der Waals surface area contributed by atoms with Gasteiger partial charge in [0.05, 0.1) is 4.90 Å². The molecule has 0 spiro atoms. The first-order valence-electron chi connectivity index (χ1n) is 5.08. The molecule has 6 nitrogen and oxygen atoms in total. The van der Waals surface area contributed by atoms with Crippen molar-refractivity contribution < 1.29 is 13.2 Å². The molecule has 1 aromatic carbocycles. The highest BCUT2D eigenvalue weighted by Gasteiger charge is 2.37. The van der Waals surface area contributed by atoms with Crippen molar-refractivity contribution in [3.63, 3.8) is 0 Å². The lowest BCUT2D eigenvalue weighted by atomic mass is 10.2. The number of nitrogens with two attached hydrogens (primary N) is 2. The lowest BCUT2D eigenvalue weighted by Crippen LogP contribution is -2.29. The van der Waals surface area contributed by atoms with Gasteiger partial charge in [-0.25, -0.2) is 13.1 Å². The van der Waals surface area contributed by atoms with E-state index in [0.29, 0.717) is 6.42 Å². The predicted octanol–water partition coefficient (Wildman–Crippen LogP) is -0.837. The molecule has 2 rings (SSSR count). The molecule has 0 radical (unpaired) electrons. The lowest BCUT2D eigenvalue weighted by Gasteiger charge is -2.05. The summed E-state index contributed by atoms with van der Waals surface area (Å²) in [5.41, 5.74) is 10.9. The second kappa shape index (κ2) is 4.10. The van der Waals surface area contributed by atoms with E-state index in [0.717, 1.165) is 0 Å². The summed E-state index contributed by atoms with van der Waals surface area (Å²) >= 11 is 0. The number of primary amides is 1. The van der Waals surface area contributed by atoms with Gasteiger partial charge >= 0.3 is 0 Å². The molecule has 7 heteroatoms. The summed E-state index contributed by atoms with van der Waals surface area (Å²) in [4.78, 5) is 10.9. The minimum Gasteiger partial charge on any atom is -0.366 e. The number of hydrogen-bond donors (Lipinski definition) is 3. The van der Waals surface area contributed by atoms with Crippen molar-refractivity contribution in [1.29, 1.82) is 0 Å². The average molecular weight is 255 g/mol. The van der Waals surface area contributed by atoms with Crippen molar-refractivity contribution in [3.8, 4) is 0 Å². The van der Waals surface area contributed by atoms with Crippen LogP contribution in [0.2, 0.25) is 0 Å². The number of rotatable bonds is 4. The summed E-state index contributed by atoms with van der Waals surface area (Å²) in [7, 11) is -3.55. The Balaban J connectivity index is 2.18. The lowest BCUT2D eigenvalue weighted by molar-refractivity contribution is 0.1000. The number of benzene rings is 1. The fraction of sp³-hybridized carbons (Fsp3) is 0.300. The van der Waals surface area contributed by atoms with E-state index in [-0.39, 0.29) is 22.5 Å². The molecule has 0 bridgehead atoms. The molecular weight excluding hydrogens is 242 g/mol. The molecule has 1 amide bonds. The first-order chi connectivity index (χ1) is 7.90. The van der Waals surface area contributed by atoms with Crippen LogP contribution in [0.4, 0.5) is 0 Å². The number of amides is 1. The smallest absolute Gasteiger partial charge is 0.248 e. The van der Waals surface area contributed by atoms with Crippen LogP contribution in [0.5, 0.6) is 0 Å². The van der Waals surface area contributed by atoms with Crippen LogP contribution < -0.4 is 16.2 Å². The van der Waals surface area contributed by atoms with Crippen molar-refractivity contribution in [3.05, 3.63) is 29.8 Å². The topological polar surface area (TPSA) is 115 Å². The molecule has 0 aliphatic heterocycles. The second-order valence-corrected chi connectivity index (χ2v) is 5.73.